The molecule has 2 aromatic carbocycles. The third kappa shape index (κ3) is 3.93. The van der Waals surface area contributed by atoms with E-state index in [9.17, 15) is 9.59 Å². The Morgan fingerprint density at radius 2 is 1.88 bits per heavy atom. The topological polar surface area (TPSA) is 49.4 Å². The van der Waals surface area contributed by atoms with E-state index < -0.39 is 5.54 Å². The maximum absolute atomic E-state index is 12.8. The van der Waals surface area contributed by atoms with Gasteiger partial charge in [-0.15, -0.1) is 0 Å². The van der Waals surface area contributed by atoms with E-state index in [1.54, 1.807) is 4.90 Å². The highest BCUT2D eigenvalue weighted by Gasteiger charge is 2.46. The van der Waals surface area contributed by atoms with Crippen molar-refractivity contribution in [2.75, 3.05) is 0 Å². The molecule has 1 N–H and O–H groups in total. The summed E-state index contributed by atoms with van der Waals surface area (Å²) in [5, 5.41) is 2.99. The number of carbonyl (C=O) groups is 2. The molecular formula is C20H21BrN2O2. The minimum absolute atomic E-state index is 0.0253. The van der Waals surface area contributed by atoms with Gasteiger partial charge in [0.05, 0.1) is 0 Å². The Bertz CT molecular complexity index is 778. The van der Waals surface area contributed by atoms with Crippen LogP contribution in [-0.2, 0) is 22.7 Å². The van der Waals surface area contributed by atoms with Crippen LogP contribution in [0, 0.1) is 0 Å². The summed E-state index contributed by atoms with van der Waals surface area (Å²) in [5.41, 5.74) is 1.24. The zero-order valence-corrected chi connectivity index (χ0v) is 15.8. The summed E-state index contributed by atoms with van der Waals surface area (Å²) in [4.78, 5) is 26.9. The molecule has 0 spiro atoms. The first-order chi connectivity index (χ1) is 12.0. The predicted molar refractivity (Wildman–Crippen MR) is 101 cm³/mol. The quantitative estimate of drug-likeness (QED) is 0.832. The molecule has 0 bridgehead atoms. The second-order valence-electron chi connectivity index (χ2n) is 6.55. The Kier molecular flexibility index (Phi) is 5.23. The Balaban J connectivity index is 1.73. The normalized spacial score (nSPS) is 19.9. The smallest absolute Gasteiger partial charge is 0.245 e. The van der Waals surface area contributed by atoms with Gasteiger partial charge in [-0.3, -0.25) is 9.59 Å². The van der Waals surface area contributed by atoms with Crippen molar-refractivity contribution < 1.29 is 9.59 Å². The van der Waals surface area contributed by atoms with Crippen LogP contribution in [0.3, 0.4) is 0 Å². The van der Waals surface area contributed by atoms with Crippen LogP contribution < -0.4 is 5.32 Å². The summed E-state index contributed by atoms with van der Waals surface area (Å²) in [5.74, 6) is -0.0745. The highest BCUT2D eigenvalue weighted by Crippen LogP contribution is 2.32. The molecule has 2 amide bonds. The van der Waals surface area contributed by atoms with E-state index in [0.717, 1.165) is 15.6 Å². The zero-order valence-electron chi connectivity index (χ0n) is 14.2. The molecule has 1 heterocycles. The molecule has 3 rings (SSSR count). The molecule has 0 aliphatic carbocycles. The maximum Gasteiger partial charge on any atom is 0.245 e. The minimum atomic E-state index is -0.811. The van der Waals surface area contributed by atoms with Crippen LogP contribution in [0.1, 0.15) is 30.9 Å². The summed E-state index contributed by atoms with van der Waals surface area (Å²) < 4.78 is 0.965. The van der Waals surface area contributed by atoms with E-state index in [-0.39, 0.29) is 11.8 Å². The molecule has 0 saturated carbocycles. The summed E-state index contributed by atoms with van der Waals surface area (Å²) >= 11 is 3.45. The van der Waals surface area contributed by atoms with E-state index in [4.69, 9.17) is 0 Å². The average molecular weight is 401 g/mol. The average Bonchev–Trinajstić information content (AvgIpc) is 2.90. The van der Waals surface area contributed by atoms with E-state index in [1.165, 1.54) is 0 Å². The number of hydrogen-bond acceptors (Lipinski definition) is 2. The van der Waals surface area contributed by atoms with Crippen molar-refractivity contribution in [3.8, 4) is 0 Å². The molecule has 5 heteroatoms. The van der Waals surface area contributed by atoms with Crippen molar-refractivity contribution in [3.63, 3.8) is 0 Å². The molecule has 0 unspecified atom stereocenters. The van der Waals surface area contributed by atoms with E-state index in [2.05, 4.69) is 21.2 Å². The number of benzene rings is 2. The zero-order chi connectivity index (χ0) is 17.9. The number of amides is 2. The highest BCUT2D eigenvalue weighted by atomic mass is 79.9. The monoisotopic (exact) mass is 400 g/mol. The molecule has 2 aromatic rings. The Morgan fingerprint density at radius 3 is 2.60 bits per heavy atom. The lowest BCUT2D eigenvalue weighted by molar-refractivity contribution is -0.141. The lowest BCUT2D eigenvalue weighted by Gasteiger charge is -2.34. The predicted octanol–water partition coefficient (Wildman–Crippen LogP) is 3.65. The van der Waals surface area contributed by atoms with Crippen molar-refractivity contribution in [2.45, 2.75) is 38.4 Å². The van der Waals surface area contributed by atoms with Crippen LogP contribution in [0.4, 0.5) is 0 Å². The Hall–Kier alpha value is -2.14. The molecule has 25 heavy (non-hydrogen) atoms. The van der Waals surface area contributed by atoms with Crippen LogP contribution >= 0.6 is 15.9 Å². The minimum Gasteiger partial charge on any atom is -0.350 e. The number of nitrogens with one attached hydrogen (secondary N) is 1. The van der Waals surface area contributed by atoms with Gasteiger partial charge in [0.2, 0.25) is 11.8 Å². The van der Waals surface area contributed by atoms with Crippen molar-refractivity contribution in [1.82, 2.24) is 10.2 Å². The van der Waals surface area contributed by atoms with Crippen molar-refractivity contribution in [2.24, 2.45) is 0 Å². The van der Waals surface area contributed by atoms with Gasteiger partial charge in [-0.25, -0.2) is 0 Å². The largest absolute Gasteiger partial charge is 0.350 e. The molecule has 1 saturated heterocycles. The lowest BCUT2D eigenvalue weighted by atomic mass is 9.97. The molecule has 1 fully saturated rings. The van der Waals surface area contributed by atoms with E-state index >= 15 is 0 Å². The maximum atomic E-state index is 12.8. The van der Waals surface area contributed by atoms with Gasteiger partial charge in [0.15, 0.2) is 0 Å². The van der Waals surface area contributed by atoms with Crippen molar-refractivity contribution in [1.29, 1.82) is 0 Å². The van der Waals surface area contributed by atoms with Crippen LogP contribution in [0.5, 0.6) is 0 Å². The molecule has 1 atom stereocenters. The van der Waals surface area contributed by atoms with Crippen molar-refractivity contribution in [3.05, 3.63) is 70.2 Å². The molecule has 0 aromatic heterocycles. The number of likely N-dealkylation sites (tertiary alicyclic amines) is 1. The number of carbonyl (C=O) groups excluding carboxylic acids is 2. The molecule has 130 valence electrons. The Morgan fingerprint density at radius 1 is 1.16 bits per heavy atom. The van der Waals surface area contributed by atoms with Gasteiger partial charge in [0.1, 0.15) is 5.54 Å². The molecule has 4 nitrogen and oxygen atoms in total. The third-order valence-electron chi connectivity index (χ3n) is 4.74. The van der Waals surface area contributed by atoms with Crippen molar-refractivity contribution >= 4 is 27.7 Å². The van der Waals surface area contributed by atoms with Gasteiger partial charge in [0.25, 0.3) is 0 Å². The first kappa shape index (κ1) is 17.7. The van der Waals surface area contributed by atoms with Gasteiger partial charge in [-0.2, -0.15) is 0 Å². The van der Waals surface area contributed by atoms with E-state index in [1.807, 2.05) is 61.5 Å². The fourth-order valence-corrected chi connectivity index (χ4v) is 3.63. The number of halogens is 1. The molecule has 1 aliphatic rings. The van der Waals surface area contributed by atoms with Crippen LogP contribution in [0.25, 0.3) is 0 Å². The second kappa shape index (κ2) is 7.40. The molecule has 1 aliphatic heterocycles. The van der Waals surface area contributed by atoms with E-state index in [0.29, 0.717) is 25.9 Å². The fourth-order valence-electron chi connectivity index (χ4n) is 3.18. The number of nitrogens with zero attached hydrogens (tertiary/aromatic N) is 1. The SMILES string of the molecule is C[C@]1(C(=O)NCc2ccccc2)CCC(=O)N1Cc1cccc(Br)c1. The van der Waals surface area contributed by atoms with Crippen LogP contribution in [0.15, 0.2) is 59.1 Å². The third-order valence-corrected chi connectivity index (χ3v) is 5.23. The standard InChI is InChI=1S/C20H21BrN2O2/c1-20(19(25)22-13-15-6-3-2-4-7-15)11-10-18(24)23(20)14-16-8-5-9-17(21)12-16/h2-9,12H,10-11,13-14H2,1H3,(H,22,25)/t20-/m1/s1. The Labute approximate surface area is 156 Å². The highest BCUT2D eigenvalue weighted by molar-refractivity contribution is 9.10. The fraction of sp³-hybridized carbons (Fsp3) is 0.300. The lowest BCUT2D eigenvalue weighted by Crippen LogP contribution is -2.53. The van der Waals surface area contributed by atoms with Crippen LogP contribution in [0.2, 0.25) is 0 Å². The summed E-state index contributed by atoms with van der Waals surface area (Å²) in [7, 11) is 0. The first-order valence-electron chi connectivity index (χ1n) is 8.36. The summed E-state index contributed by atoms with van der Waals surface area (Å²) in [6.07, 6.45) is 0.948. The first-order valence-corrected chi connectivity index (χ1v) is 9.15. The summed E-state index contributed by atoms with van der Waals surface area (Å²) in [6, 6.07) is 17.6. The van der Waals surface area contributed by atoms with Crippen LogP contribution in [-0.4, -0.2) is 22.3 Å². The summed E-state index contributed by atoms with van der Waals surface area (Å²) in [6.45, 7) is 2.76. The molecule has 0 radical (unpaired) electrons. The van der Waals surface area contributed by atoms with Gasteiger partial charge >= 0.3 is 0 Å². The van der Waals surface area contributed by atoms with Gasteiger partial charge in [0, 0.05) is 24.0 Å². The number of hydrogen-bond donors (Lipinski definition) is 1. The second-order valence-corrected chi connectivity index (χ2v) is 7.47. The molecular weight excluding hydrogens is 380 g/mol. The van der Waals surface area contributed by atoms with Gasteiger partial charge < -0.3 is 10.2 Å². The van der Waals surface area contributed by atoms with Gasteiger partial charge in [-0.1, -0.05) is 58.4 Å². The number of rotatable bonds is 5. The van der Waals surface area contributed by atoms with Gasteiger partial charge in [-0.05, 0) is 36.6 Å².